The summed E-state index contributed by atoms with van der Waals surface area (Å²) in [5.41, 5.74) is 0.413. The maximum atomic E-state index is 13.1. The summed E-state index contributed by atoms with van der Waals surface area (Å²) < 4.78 is 14.8. The summed E-state index contributed by atoms with van der Waals surface area (Å²) in [6.45, 7) is 20.1. The van der Waals surface area contributed by atoms with E-state index in [0.29, 0.717) is 12.0 Å². The second kappa shape index (κ2) is 9.35. The van der Waals surface area contributed by atoms with Crippen LogP contribution in [0.3, 0.4) is 0 Å². The highest BCUT2D eigenvalue weighted by molar-refractivity contribution is 14.1. The van der Waals surface area contributed by atoms with Crippen molar-refractivity contribution < 1.29 is 14.0 Å². The molecule has 0 N–H and O–H groups in total. The Labute approximate surface area is 200 Å². The van der Waals surface area contributed by atoms with Crippen LogP contribution in [0.15, 0.2) is 29.2 Å². The third kappa shape index (κ3) is 5.79. The van der Waals surface area contributed by atoms with Crippen molar-refractivity contribution >= 4 is 47.8 Å². The molecular weight excluding hydrogens is 521 g/mol. The number of hydrogen-bond acceptors (Lipinski definition) is 4. The van der Waals surface area contributed by atoms with Gasteiger partial charge in [0.15, 0.2) is 8.32 Å². The van der Waals surface area contributed by atoms with Gasteiger partial charge in [-0.2, -0.15) is 0 Å². The topological polar surface area (TPSA) is 57.5 Å². The average Bonchev–Trinajstić information content (AvgIpc) is 2.61. The number of aromatic nitrogens is 1. The maximum Gasteiger partial charge on any atom is 0.343 e. The summed E-state index contributed by atoms with van der Waals surface area (Å²) in [5, 5.41) is 0.617. The molecule has 31 heavy (non-hydrogen) atoms. The van der Waals surface area contributed by atoms with Crippen molar-refractivity contribution in [1.82, 2.24) is 4.57 Å². The monoisotopic (exact) mass is 557 g/mol. The van der Waals surface area contributed by atoms with E-state index in [9.17, 15) is 9.59 Å². The molecule has 0 saturated heterocycles. The van der Waals surface area contributed by atoms with Crippen LogP contribution in [0.5, 0.6) is 0 Å². The van der Waals surface area contributed by atoms with Gasteiger partial charge >= 0.3 is 5.97 Å². The first-order chi connectivity index (χ1) is 14.1. The molecule has 0 saturated carbocycles. The van der Waals surface area contributed by atoms with Crippen molar-refractivity contribution in [2.75, 3.05) is 13.2 Å². The summed E-state index contributed by atoms with van der Waals surface area (Å²) >= 11 is 2.19. The first-order valence-electron chi connectivity index (χ1n) is 10.8. The molecule has 5 nitrogen and oxygen atoms in total. The summed E-state index contributed by atoms with van der Waals surface area (Å²) in [6.07, 6.45) is 1.67. The van der Waals surface area contributed by atoms with Gasteiger partial charge in [0.25, 0.3) is 0 Å². The highest BCUT2D eigenvalue weighted by Crippen LogP contribution is 2.39. The highest BCUT2D eigenvalue weighted by atomic mass is 127. The molecule has 172 valence electrons. The number of halogens is 1. The van der Waals surface area contributed by atoms with Crippen molar-refractivity contribution in [2.24, 2.45) is 5.41 Å². The van der Waals surface area contributed by atoms with Gasteiger partial charge in [-0.25, -0.2) is 4.79 Å². The fourth-order valence-electron chi connectivity index (χ4n) is 3.19. The lowest BCUT2D eigenvalue weighted by Gasteiger charge is -2.40. The Balaban J connectivity index is 2.72. The summed E-state index contributed by atoms with van der Waals surface area (Å²) in [5.74, 6) is -0.583. The molecule has 2 aromatic rings. The number of ether oxygens (including phenoxy) is 1. The number of pyridine rings is 1. The predicted molar refractivity (Wildman–Crippen MR) is 139 cm³/mol. The van der Waals surface area contributed by atoms with Gasteiger partial charge in [-0.05, 0) is 71.3 Å². The van der Waals surface area contributed by atoms with E-state index < -0.39 is 14.3 Å². The zero-order valence-electron chi connectivity index (χ0n) is 20.3. The second-order valence-electron chi connectivity index (χ2n) is 10.6. The molecule has 1 heterocycles. The SMILES string of the molecule is CCOC(=O)c1cn([C@H](CO[Si](C)(C)C(C)(C)C)C(C)(C)C)c2ccc(I)cc2c1=O. The number of fused-ring (bicyclic) bond motifs is 1. The highest BCUT2D eigenvalue weighted by Gasteiger charge is 2.39. The van der Waals surface area contributed by atoms with E-state index in [4.69, 9.17) is 9.16 Å². The van der Waals surface area contributed by atoms with Crippen LogP contribution in [0.2, 0.25) is 18.1 Å². The standard InChI is InChI=1S/C24H36INO4Si/c1-10-29-22(28)18-14-26(19-12-11-16(25)13-17(19)21(18)27)20(23(2,3)4)15-30-31(8,9)24(5,6)7/h11-14,20H,10,15H2,1-9H3/t20-/m1/s1. The minimum atomic E-state index is -1.98. The Morgan fingerprint density at radius 3 is 2.29 bits per heavy atom. The quantitative estimate of drug-likeness (QED) is 0.235. The molecule has 0 bridgehead atoms. The Hall–Kier alpha value is -1.19. The number of rotatable bonds is 6. The van der Waals surface area contributed by atoms with Gasteiger partial charge < -0.3 is 13.7 Å². The van der Waals surface area contributed by atoms with Gasteiger partial charge in [0.2, 0.25) is 5.43 Å². The van der Waals surface area contributed by atoms with Gasteiger partial charge in [0.1, 0.15) is 5.56 Å². The summed E-state index contributed by atoms with van der Waals surface area (Å²) in [7, 11) is -1.98. The van der Waals surface area contributed by atoms with Crippen LogP contribution in [-0.2, 0) is 9.16 Å². The van der Waals surface area contributed by atoms with Crippen LogP contribution < -0.4 is 5.43 Å². The van der Waals surface area contributed by atoms with E-state index in [-0.39, 0.29) is 34.1 Å². The molecule has 0 aliphatic heterocycles. The van der Waals surface area contributed by atoms with Crippen molar-refractivity contribution in [3.8, 4) is 0 Å². The van der Waals surface area contributed by atoms with E-state index in [0.717, 1.165) is 9.09 Å². The average molecular weight is 558 g/mol. The van der Waals surface area contributed by atoms with Gasteiger partial charge in [0, 0.05) is 15.2 Å². The van der Waals surface area contributed by atoms with Crippen molar-refractivity contribution in [2.45, 2.75) is 72.6 Å². The fraction of sp³-hybridized carbons (Fsp3) is 0.583. The van der Waals surface area contributed by atoms with Gasteiger partial charge in [-0.15, -0.1) is 0 Å². The number of hydrogen-bond donors (Lipinski definition) is 0. The molecule has 0 amide bonds. The fourth-order valence-corrected chi connectivity index (χ4v) is 4.69. The molecule has 7 heteroatoms. The lowest BCUT2D eigenvalue weighted by Crippen LogP contribution is -2.43. The molecule has 2 rings (SSSR count). The van der Waals surface area contributed by atoms with Crippen molar-refractivity contribution in [1.29, 1.82) is 0 Å². The Morgan fingerprint density at radius 2 is 1.77 bits per heavy atom. The third-order valence-corrected chi connectivity index (χ3v) is 11.4. The predicted octanol–water partition coefficient (Wildman–Crippen LogP) is 6.39. The van der Waals surface area contributed by atoms with E-state index in [2.05, 4.69) is 77.2 Å². The van der Waals surface area contributed by atoms with Crippen molar-refractivity contribution in [3.05, 3.63) is 43.8 Å². The zero-order chi connectivity index (χ0) is 23.8. The number of benzene rings is 1. The number of carbonyl (C=O) groups excluding carboxylic acids is 1. The van der Waals surface area contributed by atoms with Crippen LogP contribution in [-0.4, -0.2) is 32.1 Å². The molecule has 1 atom stereocenters. The summed E-state index contributed by atoms with van der Waals surface area (Å²) in [6, 6.07) is 5.71. The molecule has 1 aromatic carbocycles. The van der Waals surface area contributed by atoms with Gasteiger partial charge in [-0.3, -0.25) is 4.79 Å². The molecule has 0 aliphatic carbocycles. The van der Waals surface area contributed by atoms with Gasteiger partial charge in [-0.1, -0.05) is 41.5 Å². The molecule has 0 radical (unpaired) electrons. The van der Waals surface area contributed by atoms with Gasteiger partial charge in [0.05, 0.1) is 24.8 Å². The second-order valence-corrected chi connectivity index (χ2v) is 16.7. The Bertz CT molecular complexity index is 1020. The number of nitrogens with zero attached hydrogens (tertiary/aromatic N) is 1. The minimum Gasteiger partial charge on any atom is -0.462 e. The van der Waals surface area contributed by atoms with Crippen molar-refractivity contribution in [3.63, 3.8) is 0 Å². The summed E-state index contributed by atoms with van der Waals surface area (Å²) in [4.78, 5) is 25.7. The van der Waals surface area contributed by atoms with E-state index in [1.165, 1.54) is 0 Å². The molecule has 0 spiro atoms. The first kappa shape index (κ1) is 26.1. The zero-order valence-corrected chi connectivity index (χ0v) is 23.4. The van der Waals surface area contributed by atoms with E-state index >= 15 is 0 Å². The largest absolute Gasteiger partial charge is 0.462 e. The van der Waals surface area contributed by atoms with Crippen LogP contribution in [0.4, 0.5) is 0 Å². The van der Waals surface area contributed by atoms with E-state index in [1.54, 1.807) is 13.1 Å². The molecule has 0 fully saturated rings. The Morgan fingerprint density at radius 1 is 1.16 bits per heavy atom. The Kier molecular flexibility index (Phi) is 7.86. The first-order valence-corrected chi connectivity index (χ1v) is 14.7. The minimum absolute atomic E-state index is 0.0675. The molecule has 0 aliphatic rings. The lowest BCUT2D eigenvalue weighted by atomic mass is 9.86. The molecule has 1 aromatic heterocycles. The molecular formula is C24H36INO4Si. The third-order valence-electron chi connectivity index (χ3n) is 6.23. The number of carbonyl (C=O) groups is 1. The lowest BCUT2D eigenvalue weighted by molar-refractivity contribution is 0.0522. The van der Waals surface area contributed by atoms with Crippen LogP contribution in [0.1, 0.15) is 64.9 Å². The van der Waals surface area contributed by atoms with Crippen LogP contribution in [0.25, 0.3) is 10.9 Å². The normalized spacial score (nSPS) is 14.0. The van der Waals surface area contributed by atoms with Crippen LogP contribution in [0, 0.1) is 8.99 Å². The smallest absolute Gasteiger partial charge is 0.343 e. The molecule has 0 unspecified atom stereocenters. The van der Waals surface area contributed by atoms with E-state index in [1.807, 2.05) is 22.8 Å². The number of esters is 1. The van der Waals surface area contributed by atoms with Crippen LogP contribution >= 0.6 is 22.6 Å². The maximum absolute atomic E-state index is 13.1.